The first kappa shape index (κ1) is 20.7. The van der Waals surface area contributed by atoms with Crippen molar-refractivity contribution in [3.05, 3.63) is 18.0 Å². The van der Waals surface area contributed by atoms with Gasteiger partial charge in [-0.2, -0.15) is 0 Å². The standard InChI is InChI=1S/C19H35N3O2/c1-2-3-4-11-14-17(23)15-12-9-7-5-6-8-10-13-16-18-21-22-19(20)24-18/h9,12,17,23H,2-8,10-11,13-16H2,1H3,(H2,20,22)/b12-9-. The van der Waals surface area contributed by atoms with Crippen LogP contribution in [0.15, 0.2) is 16.6 Å². The molecule has 24 heavy (non-hydrogen) atoms. The fourth-order valence-corrected chi connectivity index (χ4v) is 2.73. The van der Waals surface area contributed by atoms with Gasteiger partial charge in [-0.05, 0) is 32.1 Å². The summed E-state index contributed by atoms with van der Waals surface area (Å²) in [6.45, 7) is 2.21. The van der Waals surface area contributed by atoms with Gasteiger partial charge in [-0.15, -0.1) is 5.10 Å². The summed E-state index contributed by atoms with van der Waals surface area (Å²) in [6, 6.07) is 0.155. The first-order valence-electron chi connectivity index (χ1n) is 9.63. The summed E-state index contributed by atoms with van der Waals surface area (Å²) in [4.78, 5) is 0. The van der Waals surface area contributed by atoms with Gasteiger partial charge >= 0.3 is 6.01 Å². The summed E-state index contributed by atoms with van der Waals surface area (Å²) >= 11 is 0. The molecule has 1 atom stereocenters. The highest BCUT2D eigenvalue weighted by atomic mass is 16.4. The number of aromatic nitrogens is 2. The van der Waals surface area contributed by atoms with Gasteiger partial charge in [0.25, 0.3) is 0 Å². The third-order valence-electron chi connectivity index (χ3n) is 4.21. The summed E-state index contributed by atoms with van der Waals surface area (Å²) in [5.41, 5.74) is 5.38. The Morgan fingerprint density at radius 1 is 1.00 bits per heavy atom. The van der Waals surface area contributed by atoms with Crippen molar-refractivity contribution in [1.82, 2.24) is 10.2 Å². The largest absolute Gasteiger partial charge is 0.408 e. The number of aliphatic hydroxyl groups excluding tert-OH is 1. The molecule has 0 fully saturated rings. The van der Waals surface area contributed by atoms with Crippen LogP contribution in [-0.4, -0.2) is 21.4 Å². The molecule has 0 bridgehead atoms. The fraction of sp³-hybridized carbons (Fsp3) is 0.789. The van der Waals surface area contributed by atoms with Gasteiger partial charge in [-0.3, -0.25) is 0 Å². The summed E-state index contributed by atoms with van der Waals surface area (Å²) in [5, 5.41) is 17.4. The SMILES string of the molecule is CCCCCCC(O)C/C=C\CCCCCCCc1nnc(N)o1. The van der Waals surface area contributed by atoms with E-state index in [9.17, 15) is 5.11 Å². The Bertz CT molecular complexity index is 432. The van der Waals surface area contributed by atoms with Gasteiger partial charge in [0, 0.05) is 6.42 Å². The number of rotatable bonds is 15. The van der Waals surface area contributed by atoms with Crippen LogP contribution < -0.4 is 5.73 Å². The maximum Gasteiger partial charge on any atom is 0.312 e. The predicted molar refractivity (Wildman–Crippen MR) is 98.6 cm³/mol. The van der Waals surface area contributed by atoms with E-state index in [1.807, 2.05) is 0 Å². The van der Waals surface area contributed by atoms with Gasteiger partial charge in [0.1, 0.15) is 0 Å². The molecule has 0 aromatic carbocycles. The zero-order valence-electron chi connectivity index (χ0n) is 15.3. The van der Waals surface area contributed by atoms with Crippen molar-refractivity contribution in [2.75, 3.05) is 5.73 Å². The molecule has 0 aliphatic rings. The molecular weight excluding hydrogens is 302 g/mol. The third kappa shape index (κ3) is 11.2. The number of anilines is 1. The normalized spacial score (nSPS) is 12.9. The van der Waals surface area contributed by atoms with Crippen LogP contribution in [0, 0.1) is 0 Å². The number of hydrogen-bond acceptors (Lipinski definition) is 5. The quantitative estimate of drug-likeness (QED) is 0.354. The Labute approximate surface area is 146 Å². The monoisotopic (exact) mass is 337 g/mol. The van der Waals surface area contributed by atoms with E-state index in [0.29, 0.717) is 5.89 Å². The predicted octanol–water partition coefficient (Wildman–Crippen LogP) is 4.81. The molecule has 0 saturated heterocycles. The lowest BCUT2D eigenvalue weighted by Crippen LogP contribution is -2.04. The molecule has 0 saturated carbocycles. The van der Waals surface area contributed by atoms with Gasteiger partial charge in [0.15, 0.2) is 0 Å². The van der Waals surface area contributed by atoms with Gasteiger partial charge in [0.2, 0.25) is 5.89 Å². The molecule has 1 rings (SSSR count). The Kier molecular flexibility index (Phi) is 12.1. The zero-order chi connectivity index (χ0) is 17.5. The minimum Gasteiger partial charge on any atom is -0.408 e. The van der Waals surface area contributed by atoms with Crippen LogP contribution in [0.25, 0.3) is 0 Å². The molecule has 0 spiro atoms. The maximum absolute atomic E-state index is 9.87. The van der Waals surface area contributed by atoms with Crippen molar-refractivity contribution in [2.45, 2.75) is 96.5 Å². The zero-order valence-corrected chi connectivity index (χ0v) is 15.3. The van der Waals surface area contributed by atoms with Crippen LogP contribution in [0.2, 0.25) is 0 Å². The molecule has 0 radical (unpaired) electrons. The van der Waals surface area contributed by atoms with Crippen molar-refractivity contribution in [3.63, 3.8) is 0 Å². The van der Waals surface area contributed by atoms with E-state index >= 15 is 0 Å². The highest BCUT2D eigenvalue weighted by molar-refractivity contribution is 5.04. The number of aryl methyl sites for hydroxylation is 1. The van der Waals surface area contributed by atoms with E-state index in [1.54, 1.807) is 0 Å². The molecule has 5 heteroatoms. The topological polar surface area (TPSA) is 85.2 Å². The molecule has 0 aliphatic heterocycles. The molecule has 0 amide bonds. The second kappa shape index (κ2) is 14.0. The first-order valence-corrected chi connectivity index (χ1v) is 9.63. The molecule has 3 N–H and O–H groups in total. The Morgan fingerprint density at radius 2 is 1.75 bits per heavy atom. The minimum absolute atomic E-state index is 0.155. The fourth-order valence-electron chi connectivity index (χ4n) is 2.73. The molecule has 138 valence electrons. The van der Waals surface area contributed by atoms with Crippen molar-refractivity contribution in [3.8, 4) is 0 Å². The molecule has 1 aromatic heterocycles. The molecule has 1 aromatic rings. The van der Waals surface area contributed by atoms with E-state index in [2.05, 4.69) is 29.3 Å². The van der Waals surface area contributed by atoms with E-state index in [0.717, 1.165) is 38.5 Å². The van der Waals surface area contributed by atoms with Crippen LogP contribution in [0.3, 0.4) is 0 Å². The van der Waals surface area contributed by atoms with E-state index in [-0.39, 0.29) is 12.1 Å². The number of hydrogen-bond donors (Lipinski definition) is 2. The third-order valence-corrected chi connectivity index (χ3v) is 4.21. The van der Waals surface area contributed by atoms with Crippen molar-refractivity contribution in [1.29, 1.82) is 0 Å². The molecule has 1 heterocycles. The Morgan fingerprint density at radius 3 is 2.50 bits per heavy atom. The average molecular weight is 338 g/mol. The van der Waals surface area contributed by atoms with Crippen LogP contribution in [0.1, 0.15) is 89.9 Å². The van der Waals surface area contributed by atoms with Gasteiger partial charge in [-0.1, -0.05) is 69.1 Å². The highest BCUT2D eigenvalue weighted by Crippen LogP contribution is 2.11. The minimum atomic E-state index is -0.156. The number of nitrogens with zero attached hydrogens (tertiary/aromatic N) is 2. The summed E-state index contributed by atoms with van der Waals surface area (Å²) in [6.07, 6.45) is 18.8. The Hall–Kier alpha value is -1.36. The van der Waals surface area contributed by atoms with Crippen molar-refractivity contribution >= 4 is 6.01 Å². The van der Waals surface area contributed by atoms with Crippen molar-refractivity contribution < 1.29 is 9.52 Å². The van der Waals surface area contributed by atoms with Gasteiger partial charge in [-0.25, -0.2) is 0 Å². The van der Waals surface area contributed by atoms with Crippen LogP contribution >= 0.6 is 0 Å². The van der Waals surface area contributed by atoms with E-state index in [1.165, 1.54) is 44.9 Å². The lowest BCUT2D eigenvalue weighted by Gasteiger charge is -2.07. The lowest BCUT2D eigenvalue weighted by molar-refractivity contribution is 0.163. The second-order valence-electron chi connectivity index (χ2n) is 6.55. The summed E-state index contributed by atoms with van der Waals surface area (Å²) in [5.74, 6) is 0.642. The van der Waals surface area contributed by atoms with Crippen molar-refractivity contribution in [2.24, 2.45) is 0 Å². The summed E-state index contributed by atoms with van der Waals surface area (Å²) < 4.78 is 5.14. The molecule has 1 unspecified atom stereocenters. The second-order valence-corrected chi connectivity index (χ2v) is 6.55. The van der Waals surface area contributed by atoms with Crippen LogP contribution in [-0.2, 0) is 6.42 Å². The molecule has 5 nitrogen and oxygen atoms in total. The Balaban J connectivity index is 1.85. The number of aliphatic hydroxyl groups is 1. The van der Waals surface area contributed by atoms with Crippen LogP contribution in [0.5, 0.6) is 0 Å². The number of nitrogens with two attached hydrogens (primary N) is 1. The number of nitrogen functional groups attached to an aromatic ring is 1. The highest BCUT2D eigenvalue weighted by Gasteiger charge is 2.02. The number of unbranched alkanes of at least 4 members (excludes halogenated alkanes) is 8. The summed E-state index contributed by atoms with van der Waals surface area (Å²) in [7, 11) is 0. The van der Waals surface area contributed by atoms with Gasteiger partial charge in [0.05, 0.1) is 6.10 Å². The van der Waals surface area contributed by atoms with E-state index in [4.69, 9.17) is 10.2 Å². The first-order chi connectivity index (χ1) is 11.7. The van der Waals surface area contributed by atoms with Crippen LogP contribution in [0.4, 0.5) is 6.01 Å². The molecular formula is C19H35N3O2. The lowest BCUT2D eigenvalue weighted by atomic mass is 10.1. The van der Waals surface area contributed by atoms with E-state index < -0.39 is 0 Å². The maximum atomic E-state index is 9.87. The number of allylic oxidation sites excluding steroid dienone is 1. The molecule has 0 aliphatic carbocycles. The average Bonchev–Trinajstić information content (AvgIpc) is 2.98. The van der Waals surface area contributed by atoms with Gasteiger partial charge < -0.3 is 15.3 Å². The smallest absolute Gasteiger partial charge is 0.312 e.